The summed E-state index contributed by atoms with van der Waals surface area (Å²) in [6.07, 6.45) is 0. The van der Waals surface area contributed by atoms with Gasteiger partial charge in [-0.1, -0.05) is 23.7 Å². The molecule has 3 aromatic rings. The Morgan fingerprint density at radius 2 is 2.04 bits per heavy atom. The van der Waals surface area contributed by atoms with Gasteiger partial charge >= 0.3 is 0 Å². The molecule has 1 aliphatic heterocycles. The van der Waals surface area contributed by atoms with Crippen molar-refractivity contribution in [2.75, 3.05) is 19.1 Å². The highest BCUT2D eigenvalue weighted by molar-refractivity contribution is 7.17. The molecule has 1 aromatic heterocycles. The fourth-order valence-corrected chi connectivity index (χ4v) is 4.34. The van der Waals surface area contributed by atoms with Gasteiger partial charge in [0.25, 0.3) is 5.91 Å². The number of fused-ring (bicyclic) bond motifs is 3. The van der Waals surface area contributed by atoms with Crippen molar-refractivity contribution in [3.05, 3.63) is 64.0 Å². The molecule has 132 valence electrons. The van der Waals surface area contributed by atoms with Crippen LogP contribution in [0.2, 0.25) is 5.02 Å². The number of carbonyl (C=O) groups excluding carboxylic acids is 1. The van der Waals surface area contributed by atoms with Crippen molar-refractivity contribution in [1.29, 1.82) is 0 Å². The van der Waals surface area contributed by atoms with Gasteiger partial charge in [-0.05, 0) is 36.4 Å². The van der Waals surface area contributed by atoms with Crippen molar-refractivity contribution in [3.63, 3.8) is 0 Å². The van der Waals surface area contributed by atoms with E-state index in [4.69, 9.17) is 21.1 Å². The first-order chi connectivity index (χ1) is 12.6. The second-order valence-electron chi connectivity index (χ2n) is 5.93. The van der Waals surface area contributed by atoms with E-state index < -0.39 is 0 Å². The lowest BCUT2D eigenvalue weighted by Gasteiger charge is -2.19. The number of methoxy groups -OCH3 is 1. The molecule has 0 bridgehead atoms. The Kier molecular flexibility index (Phi) is 4.34. The molecule has 26 heavy (non-hydrogen) atoms. The largest absolute Gasteiger partial charge is 0.495 e. The SMILES string of the molecule is COc1ccc(Cl)cc1N(C)C(=O)c1cc2c(s1)-c1ccccc1OC2. The van der Waals surface area contributed by atoms with Crippen LogP contribution in [0.4, 0.5) is 5.69 Å². The number of hydrogen-bond acceptors (Lipinski definition) is 4. The van der Waals surface area contributed by atoms with Crippen molar-refractivity contribution in [2.45, 2.75) is 6.61 Å². The van der Waals surface area contributed by atoms with E-state index in [0.29, 0.717) is 27.9 Å². The van der Waals surface area contributed by atoms with Crippen LogP contribution in [0.1, 0.15) is 15.2 Å². The molecule has 0 radical (unpaired) electrons. The molecule has 6 heteroatoms. The average Bonchev–Trinajstić information content (AvgIpc) is 3.11. The van der Waals surface area contributed by atoms with E-state index in [1.54, 1.807) is 37.3 Å². The van der Waals surface area contributed by atoms with Crippen LogP contribution in [0.5, 0.6) is 11.5 Å². The van der Waals surface area contributed by atoms with Gasteiger partial charge in [0.1, 0.15) is 18.1 Å². The maximum Gasteiger partial charge on any atom is 0.268 e. The van der Waals surface area contributed by atoms with Gasteiger partial charge in [0.05, 0.1) is 17.7 Å². The zero-order valence-electron chi connectivity index (χ0n) is 14.3. The highest BCUT2D eigenvalue weighted by Gasteiger charge is 2.25. The fourth-order valence-electron chi connectivity index (χ4n) is 3.00. The molecule has 0 saturated heterocycles. The maximum atomic E-state index is 13.1. The number of rotatable bonds is 3. The van der Waals surface area contributed by atoms with Gasteiger partial charge < -0.3 is 14.4 Å². The van der Waals surface area contributed by atoms with Gasteiger partial charge in [0, 0.05) is 28.1 Å². The number of benzene rings is 2. The molecule has 1 amide bonds. The molecule has 2 aromatic carbocycles. The summed E-state index contributed by atoms with van der Waals surface area (Å²) < 4.78 is 11.2. The molecule has 4 rings (SSSR count). The lowest BCUT2D eigenvalue weighted by atomic mass is 10.1. The third-order valence-electron chi connectivity index (χ3n) is 4.34. The van der Waals surface area contributed by atoms with Crippen LogP contribution in [0.15, 0.2) is 48.5 Å². The number of thiophene rings is 1. The molecule has 0 spiro atoms. The summed E-state index contributed by atoms with van der Waals surface area (Å²) in [6, 6.07) is 15.0. The first-order valence-electron chi connectivity index (χ1n) is 8.05. The van der Waals surface area contributed by atoms with Gasteiger partial charge in [-0.15, -0.1) is 11.3 Å². The van der Waals surface area contributed by atoms with Gasteiger partial charge in [-0.25, -0.2) is 0 Å². The van der Waals surface area contributed by atoms with Crippen molar-refractivity contribution < 1.29 is 14.3 Å². The molecule has 0 atom stereocenters. The molecule has 0 saturated carbocycles. The molecular formula is C20H16ClNO3S. The standard InChI is InChI=1S/C20H16ClNO3S/c1-22(15-10-13(21)7-8-17(15)24-2)20(23)18-9-12-11-25-16-6-4-3-5-14(16)19(12)26-18/h3-10H,11H2,1-2H3. The van der Waals surface area contributed by atoms with E-state index in [2.05, 4.69) is 0 Å². The molecule has 1 aliphatic rings. The third kappa shape index (κ3) is 2.83. The summed E-state index contributed by atoms with van der Waals surface area (Å²) in [7, 11) is 3.29. The quantitative estimate of drug-likeness (QED) is 0.618. The van der Waals surface area contributed by atoms with Crippen molar-refractivity contribution >= 4 is 34.5 Å². The van der Waals surface area contributed by atoms with E-state index in [1.165, 1.54) is 11.3 Å². The number of nitrogens with zero attached hydrogens (tertiary/aromatic N) is 1. The lowest BCUT2D eigenvalue weighted by Crippen LogP contribution is -2.25. The summed E-state index contributed by atoms with van der Waals surface area (Å²) in [5, 5.41) is 0.549. The molecule has 0 unspecified atom stereocenters. The van der Waals surface area contributed by atoms with Crippen LogP contribution in [0.3, 0.4) is 0 Å². The number of para-hydroxylation sites is 1. The van der Waals surface area contributed by atoms with E-state index in [1.807, 2.05) is 30.3 Å². The molecule has 4 nitrogen and oxygen atoms in total. The van der Waals surface area contributed by atoms with Crippen LogP contribution < -0.4 is 14.4 Å². The smallest absolute Gasteiger partial charge is 0.268 e. The van der Waals surface area contributed by atoms with Crippen molar-refractivity contribution in [2.24, 2.45) is 0 Å². The van der Waals surface area contributed by atoms with Crippen LogP contribution in [-0.4, -0.2) is 20.1 Å². The number of ether oxygens (including phenoxy) is 2. The van der Waals surface area contributed by atoms with E-state index in [9.17, 15) is 4.79 Å². The van der Waals surface area contributed by atoms with Crippen LogP contribution in [0.25, 0.3) is 10.4 Å². The Hall–Kier alpha value is -2.50. The molecule has 2 heterocycles. The summed E-state index contributed by atoms with van der Waals surface area (Å²) in [6.45, 7) is 0.473. The topological polar surface area (TPSA) is 38.8 Å². The summed E-state index contributed by atoms with van der Waals surface area (Å²) in [5.74, 6) is 1.34. The van der Waals surface area contributed by atoms with E-state index >= 15 is 0 Å². The van der Waals surface area contributed by atoms with Crippen LogP contribution >= 0.6 is 22.9 Å². The number of anilines is 1. The number of amides is 1. The Balaban J connectivity index is 1.71. The minimum Gasteiger partial charge on any atom is -0.495 e. The van der Waals surface area contributed by atoms with Crippen molar-refractivity contribution in [1.82, 2.24) is 0 Å². The Morgan fingerprint density at radius 3 is 2.85 bits per heavy atom. The second-order valence-corrected chi connectivity index (χ2v) is 7.42. The molecule has 0 aliphatic carbocycles. The Morgan fingerprint density at radius 1 is 1.23 bits per heavy atom. The van der Waals surface area contributed by atoms with E-state index in [-0.39, 0.29) is 5.91 Å². The first kappa shape index (κ1) is 16.9. The minimum absolute atomic E-state index is 0.109. The maximum absolute atomic E-state index is 13.1. The first-order valence-corrected chi connectivity index (χ1v) is 9.24. The zero-order valence-corrected chi connectivity index (χ0v) is 15.9. The molecular weight excluding hydrogens is 370 g/mol. The Labute approximate surface area is 160 Å². The summed E-state index contributed by atoms with van der Waals surface area (Å²) >= 11 is 7.58. The Bertz CT molecular complexity index is 998. The van der Waals surface area contributed by atoms with Crippen molar-refractivity contribution in [3.8, 4) is 21.9 Å². The van der Waals surface area contributed by atoms with Gasteiger partial charge in [-0.3, -0.25) is 4.79 Å². The number of carbonyl (C=O) groups is 1. The highest BCUT2D eigenvalue weighted by Crippen LogP contribution is 2.43. The molecule has 0 N–H and O–H groups in total. The van der Waals surface area contributed by atoms with Gasteiger partial charge in [0.2, 0.25) is 0 Å². The third-order valence-corrected chi connectivity index (χ3v) is 5.78. The summed E-state index contributed by atoms with van der Waals surface area (Å²) in [5.41, 5.74) is 2.69. The zero-order chi connectivity index (χ0) is 18.3. The monoisotopic (exact) mass is 385 g/mol. The van der Waals surface area contributed by atoms with Crippen LogP contribution in [-0.2, 0) is 6.61 Å². The molecule has 0 fully saturated rings. The fraction of sp³-hybridized carbons (Fsp3) is 0.150. The summed E-state index contributed by atoms with van der Waals surface area (Å²) in [4.78, 5) is 16.4. The second kappa shape index (κ2) is 6.67. The average molecular weight is 386 g/mol. The van der Waals surface area contributed by atoms with E-state index in [0.717, 1.165) is 21.8 Å². The number of halogens is 1. The predicted molar refractivity (Wildman–Crippen MR) is 105 cm³/mol. The predicted octanol–water partition coefficient (Wildman–Crippen LogP) is 5.25. The highest BCUT2D eigenvalue weighted by atomic mass is 35.5. The minimum atomic E-state index is -0.109. The lowest BCUT2D eigenvalue weighted by molar-refractivity contribution is 0.0996. The number of hydrogen-bond donors (Lipinski definition) is 0. The van der Waals surface area contributed by atoms with Gasteiger partial charge in [-0.2, -0.15) is 0 Å². The van der Waals surface area contributed by atoms with Crippen LogP contribution in [0, 0.1) is 0 Å². The normalized spacial score (nSPS) is 12.0. The van der Waals surface area contributed by atoms with Gasteiger partial charge in [0.15, 0.2) is 0 Å².